The second kappa shape index (κ2) is 9.18. The molecule has 2 aliphatic rings. The first kappa shape index (κ1) is 20.8. The number of aromatic nitrogens is 2. The maximum absolute atomic E-state index is 9.55. The predicted molar refractivity (Wildman–Crippen MR) is 125 cm³/mol. The lowest BCUT2D eigenvalue weighted by Gasteiger charge is -2.31. The highest BCUT2D eigenvalue weighted by Crippen LogP contribution is 2.35. The van der Waals surface area contributed by atoms with Gasteiger partial charge in [-0.25, -0.2) is 9.97 Å². The van der Waals surface area contributed by atoms with E-state index in [4.69, 9.17) is 14.7 Å². The molecule has 0 amide bonds. The number of aliphatic hydroxyl groups is 1. The fourth-order valence-corrected chi connectivity index (χ4v) is 5.35. The first-order valence-electron chi connectivity index (χ1n) is 10.9. The third kappa shape index (κ3) is 4.58. The molecule has 0 bridgehead atoms. The van der Waals surface area contributed by atoms with E-state index in [0.29, 0.717) is 5.82 Å². The van der Waals surface area contributed by atoms with Crippen LogP contribution in [0.25, 0.3) is 21.6 Å². The molecule has 0 radical (unpaired) electrons. The minimum absolute atomic E-state index is 0.0139. The Morgan fingerprint density at radius 1 is 1.03 bits per heavy atom. The fraction of sp³-hybridized carbons (Fsp3) is 0.478. The second-order valence-corrected chi connectivity index (χ2v) is 9.47. The van der Waals surface area contributed by atoms with E-state index < -0.39 is 0 Å². The highest BCUT2D eigenvalue weighted by molar-refractivity contribution is 7.19. The number of thiophene rings is 1. The van der Waals surface area contributed by atoms with Crippen LogP contribution in [0.4, 0.5) is 5.82 Å². The molecule has 1 N–H and O–H groups in total. The number of hydrogen-bond acceptors (Lipinski definition) is 8. The Morgan fingerprint density at radius 3 is 2.61 bits per heavy atom. The van der Waals surface area contributed by atoms with Crippen LogP contribution in [0.5, 0.6) is 0 Å². The third-order valence-electron chi connectivity index (χ3n) is 6.06. The van der Waals surface area contributed by atoms with Crippen molar-refractivity contribution in [1.82, 2.24) is 19.8 Å². The van der Waals surface area contributed by atoms with Gasteiger partial charge in [0.05, 0.1) is 30.0 Å². The van der Waals surface area contributed by atoms with Gasteiger partial charge in [-0.2, -0.15) is 0 Å². The van der Waals surface area contributed by atoms with E-state index in [1.54, 1.807) is 0 Å². The van der Waals surface area contributed by atoms with Crippen molar-refractivity contribution in [2.75, 3.05) is 64.4 Å². The number of fused-ring (bicyclic) bond motifs is 1. The fourth-order valence-electron chi connectivity index (χ4n) is 4.20. The van der Waals surface area contributed by atoms with Gasteiger partial charge < -0.3 is 19.6 Å². The molecule has 3 aromatic rings. The van der Waals surface area contributed by atoms with E-state index in [0.717, 1.165) is 86.2 Å². The Labute approximate surface area is 186 Å². The van der Waals surface area contributed by atoms with Crippen molar-refractivity contribution in [1.29, 1.82) is 0 Å². The van der Waals surface area contributed by atoms with Gasteiger partial charge in [0.15, 0.2) is 11.6 Å². The van der Waals surface area contributed by atoms with Crippen LogP contribution < -0.4 is 4.90 Å². The van der Waals surface area contributed by atoms with Gasteiger partial charge >= 0.3 is 0 Å². The van der Waals surface area contributed by atoms with Gasteiger partial charge in [-0.3, -0.25) is 4.90 Å². The van der Waals surface area contributed by atoms with E-state index in [1.165, 1.54) is 4.88 Å². The summed E-state index contributed by atoms with van der Waals surface area (Å²) in [6.45, 7) is 8.55. The molecule has 4 heterocycles. The number of aliphatic hydroxyl groups excluding tert-OH is 1. The van der Waals surface area contributed by atoms with Crippen LogP contribution >= 0.6 is 11.3 Å². The van der Waals surface area contributed by atoms with Gasteiger partial charge in [0, 0.05) is 56.3 Å². The number of ether oxygens (including phenoxy) is 1. The van der Waals surface area contributed by atoms with Crippen molar-refractivity contribution in [3.05, 3.63) is 40.8 Å². The molecule has 0 spiro atoms. The molecule has 0 unspecified atom stereocenters. The first-order valence-corrected chi connectivity index (χ1v) is 11.8. The Balaban J connectivity index is 1.52. The lowest BCUT2D eigenvalue weighted by atomic mass is 10.1. The number of benzene rings is 1. The molecule has 31 heavy (non-hydrogen) atoms. The molecule has 2 saturated heterocycles. The molecule has 0 atom stereocenters. The quantitative estimate of drug-likeness (QED) is 0.655. The van der Waals surface area contributed by atoms with Crippen LogP contribution in [0.15, 0.2) is 30.3 Å². The largest absolute Gasteiger partial charge is 0.392 e. The summed E-state index contributed by atoms with van der Waals surface area (Å²) in [6.07, 6.45) is 0. The zero-order valence-corrected chi connectivity index (χ0v) is 18.8. The van der Waals surface area contributed by atoms with Gasteiger partial charge in [-0.05, 0) is 24.7 Å². The van der Waals surface area contributed by atoms with Crippen molar-refractivity contribution < 1.29 is 9.84 Å². The van der Waals surface area contributed by atoms with Crippen molar-refractivity contribution in [3.63, 3.8) is 0 Å². The summed E-state index contributed by atoms with van der Waals surface area (Å²) in [5, 5.41) is 9.55. The number of morpholine rings is 1. The van der Waals surface area contributed by atoms with Gasteiger partial charge in [0.1, 0.15) is 0 Å². The van der Waals surface area contributed by atoms with Crippen LogP contribution in [0.2, 0.25) is 0 Å². The minimum atomic E-state index is 0.0139. The summed E-state index contributed by atoms with van der Waals surface area (Å²) < 4.78 is 6.73. The normalized spacial score (nSPS) is 18.7. The van der Waals surface area contributed by atoms with E-state index in [9.17, 15) is 5.11 Å². The monoisotopic (exact) mass is 439 g/mol. The number of piperazine rings is 1. The molecule has 8 heteroatoms. The van der Waals surface area contributed by atoms with E-state index in [-0.39, 0.29) is 6.61 Å². The molecule has 164 valence electrons. The van der Waals surface area contributed by atoms with E-state index in [1.807, 2.05) is 35.6 Å². The molecular formula is C23H29N5O2S. The summed E-state index contributed by atoms with van der Waals surface area (Å²) in [6, 6.07) is 10.1. The number of rotatable bonds is 5. The van der Waals surface area contributed by atoms with Gasteiger partial charge in [0.2, 0.25) is 0 Å². The predicted octanol–water partition coefficient (Wildman–Crippen LogP) is 2.43. The molecule has 0 saturated carbocycles. The number of hydrogen-bond donors (Lipinski definition) is 1. The van der Waals surface area contributed by atoms with E-state index in [2.05, 4.69) is 27.8 Å². The number of nitrogens with zero attached hydrogens (tertiary/aromatic N) is 5. The second-order valence-electron chi connectivity index (χ2n) is 8.34. The molecule has 0 aliphatic carbocycles. The van der Waals surface area contributed by atoms with Crippen LogP contribution in [-0.2, 0) is 17.9 Å². The van der Waals surface area contributed by atoms with Gasteiger partial charge in [-0.15, -0.1) is 11.3 Å². The lowest BCUT2D eigenvalue weighted by molar-refractivity contribution is 0.122. The molecule has 5 rings (SSSR count). The maximum Gasteiger partial charge on any atom is 0.162 e. The average Bonchev–Trinajstić information content (AvgIpc) is 3.23. The first-order chi connectivity index (χ1) is 15.2. The minimum Gasteiger partial charge on any atom is -0.392 e. The zero-order valence-electron chi connectivity index (χ0n) is 18.0. The van der Waals surface area contributed by atoms with Crippen molar-refractivity contribution in [2.45, 2.75) is 13.2 Å². The average molecular weight is 440 g/mol. The van der Waals surface area contributed by atoms with Gasteiger partial charge in [0.25, 0.3) is 0 Å². The third-order valence-corrected chi connectivity index (χ3v) is 7.16. The van der Waals surface area contributed by atoms with Crippen LogP contribution in [0.3, 0.4) is 0 Å². The number of likely N-dealkylation sites (N-methyl/N-ethyl adjacent to an activating group) is 1. The SMILES string of the molecule is CN1CCN(Cc2cc3nc(-c4cccc(CO)c4)nc(N4CCOCC4)c3s2)CC1. The number of anilines is 1. The molecular weight excluding hydrogens is 410 g/mol. The van der Waals surface area contributed by atoms with Gasteiger partial charge in [-0.1, -0.05) is 18.2 Å². The molecule has 2 aliphatic heterocycles. The maximum atomic E-state index is 9.55. The van der Waals surface area contributed by atoms with Crippen molar-refractivity contribution in [3.8, 4) is 11.4 Å². The Kier molecular flexibility index (Phi) is 6.15. The van der Waals surface area contributed by atoms with Crippen LogP contribution in [0, 0.1) is 0 Å². The summed E-state index contributed by atoms with van der Waals surface area (Å²) >= 11 is 1.82. The standard InChI is InChI=1S/C23H29N5O2S/c1-26-5-7-27(8-6-26)15-19-14-20-21(31-19)23(28-9-11-30-12-10-28)25-22(24-20)18-4-2-3-17(13-18)16-29/h2-4,13-14,29H,5-12,15-16H2,1H3. The summed E-state index contributed by atoms with van der Waals surface area (Å²) in [4.78, 5) is 18.5. The van der Waals surface area contributed by atoms with Crippen molar-refractivity contribution in [2.24, 2.45) is 0 Å². The summed E-state index contributed by atoms with van der Waals surface area (Å²) in [5.74, 6) is 1.72. The Morgan fingerprint density at radius 2 is 1.84 bits per heavy atom. The topological polar surface area (TPSA) is 65.0 Å². The molecule has 2 aromatic heterocycles. The molecule has 1 aromatic carbocycles. The Hall–Kier alpha value is -2.10. The summed E-state index contributed by atoms with van der Waals surface area (Å²) in [7, 11) is 2.19. The van der Waals surface area contributed by atoms with Crippen LogP contribution in [-0.4, -0.2) is 84.4 Å². The van der Waals surface area contributed by atoms with Crippen molar-refractivity contribution >= 4 is 27.4 Å². The van der Waals surface area contributed by atoms with Crippen LogP contribution in [0.1, 0.15) is 10.4 Å². The summed E-state index contributed by atoms with van der Waals surface area (Å²) in [5.41, 5.74) is 2.82. The molecule has 7 nitrogen and oxygen atoms in total. The lowest BCUT2D eigenvalue weighted by Crippen LogP contribution is -2.43. The zero-order chi connectivity index (χ0) is 21.2. The highest BCUT2D eigenvalue weighted by atomic mass is 32.1. The van der Waals surface area contributed by atoms with E-state index >= 15 is 0 Å². The molecule has 2 fully saturated rings. The smallest absolute Gasteiger partial charge is 0.162 e. The highest BCUT2D eigenvalue weighted by Gasteiger charge is 2.21. The Bertz CT molecular complexity index is 1040.